The summed E-state index contributed by atoms with van der Waals surface area (Å²) >= 11 is 0. The van der Waals surface area contributed by atoms with Gasteiger partial charge >= 0.3 is 0 Å². The third-order valence-electron chi connectivity index (χ3n) is 2.09. The summed E-state index contributed by atoms with van der Waals surface area (Å²) in [7, 11) is 0. The minimum atomic E-state index is -0.166. The van der Waals surface area contributed by atoms with Gasteiger partial charge in [-0.25, -0.2) is 0 Å². The highest BCUT2D eigenvalue weighted by molar-refractivity contribution is 5.21. The third kappa shape index (κ3) is 3.87. The molecule has 0 aliphatic heterocycles. The minimum Gasteiger partial charge on any atom is -0.395 e. The fourth-order valence-electron chi connectivity index (χ4n) is 1.17. The molecule has 1 aromatic carbocycles. The van der Waals surface area contributed by atoms with Crippen molar-refractivity contribution in [1.82, 2.24) is 5.32 Å². The first-order valence-corrected chi connectivity index (χ1v) is 4.85. The number of nitrogens with one attached hydrogen (secondary N) is 1. The SMILES string of the molecule is Cc1ccc(CNCC(N)CO)cc1. The van der Waals surface area contributed by atoms with Crippen molar-refractivity contribution >= 4 is 0 Å². The smallest absolute Gasteiger partial charge is 0.0594 e. The van der Waals surface area contributed by atoms with Gasteiger partial charge in [0.1, 0.15) is 0 Å². The van der Waals surface area contributed by atoms with E-state index in [0.717, 1.165) is 6.54 Å². The van der Waals surface area contributed by atoms with Crippen LogP contribution in [0.5, 0.6) is 0 Å². The van der Waals surface area contributed by atoms with Crippen LogP contribution < -0.4 is 11.1 Å². The van der Waals surface area contributed by atoms with E-state index in [1.165, 1.54) is 11.1 Å². The second-order valence-corrected chi connectivity index (χ2v) is 3.56. The molecule has 14 heavy (non-hydrogen) atoms. The predicted octanol–water partition coefficient (Wildman–Crippen LogP) is 0.404. The Kier molecular flexibility index (Phi) is 4.59. The van der Waals surface area contributed by atoms with Crippen LogP contribution in [0, 0.1) is 6.92 Å². The molecule has 1 aromatic rings. The molecule has 0 spiro atoms. The number of hydrogen-bond acceptors (Lipinski definition) is 3. The highest BCUT2D eigenvalue weighted by Gasteiger charge is 1.98. The molecule has 1 atom stereocenters. The fraction of sp³-hybridized carbons (Fsp3) is 0.455. The maximum atomic E-state index is 8.70. The van der Waals surface area contributed by atoms with Crippen molar-refractivity contribution in [2.24, 2.45) is 5.73 Å². The van der Waals surface area contributed by atoms with E-state index in [2.05, 4.69) is 36.5 Å². The van der Waals surface area contributed by atoms with E-state index in [1.807, 2.05) is 0 Å². The van der Waals surface area contributed by atoms with Crippen molar-refractivity contribution < 1.29 is 5.11 Å². The maximum absolute atomic E-state index is 8.70. The molecular formula is C11H18N2O. The van der Waals surface area contributed by atoms with Crippen molar-refractivity contribution in [3.63, 3.8) is 0 Å². The van der Waals surface area contributed by atoms with Crippen molar-refractivity contribution in [2.75, 3.05) is 13.2 Å². The first kappa shape index (κ1) is 11.2. The largest absolute Gasteiger partial charge is 0.395 e. The lowest BCUT2D eigenvalue weighted by Gasteiger charge is -2.09. The number of aliphatic hydroxyl groups excluding tert-OH is 1. The van der Waals surface area contributed by atoms with Crippen molar-refractivity contribution in [3.05, 3.63) is 35.4 Å². The average molecular weight is 194 g/mol. The molecule has 0 fully saturated rings. The number of aliphatic hydroxyl groups is 1. The van der Waals surface area contributed by atoms with Gasteiger partial charge in [-0.3, -0.25) is 0 Å². The van der Waals surface area contributed by atoms with Crippen molar-refractivity contribution in [1.29, 1.82) is 0 Å². The topological polar surface area (TPSA) is 58.3 Å². The monoisotopic (exact) mass is 194 g/mol. The van der Waals surface area contributed by atoms with E-state index < -0.39 is 0 Å². The van der Waals surface area contributed by atoms with Crippen LogP contribution in [-0.2, 0) is 6.54 Å². The molecule has 0 saturated carbocycles. The quantitative estimate of drug-likeness (QED) is 0.636. The molecular weight excluding hydrogens is 176 g/mol. The molecule has 3 heteroatoms. The lowest BCUT2D eigenvalue weighted by molar-refractivity contribution is 0.262. The Bertz CT molecular complexity index is 258. The molecule has 0 aliphatic rings. The van der Waals surface area contributed by atoms with Crippen LogP contribution in [0.25, 0.3) is 0 Å². The van der Waals surface area contributed by atoms with Crippen LogP contribution in [0.2, 0.25) is 0 Å². The number of rotatable bonds is 5. The summed E-state index contributed by atoms with van der Waals surface area (Å²) in [5.41, 5.74) is 8.05. The molecule has 3 nitrogen and oxygen atoms in total. The highest BCUT2D eigenvalue weighted by Crippen LogP contribution is 2.02. The van der Waals surface area contributed by atoms with Crippen LogP contribution in [0.4, 0.5) is 0 Å². The van der Waals surface area contributed by atoms with Gasteiger partial charge in [0.25, 0.3) is 0 Å². The molecule has 1 unspecified atom stereocenters. The van der Waals surface area contributed by atoms with E-state index in [1.54, 1.807) is 0 Å². The van der Waals surface area contributed by atoms with Gasteiger partial charge < -0.3 is 16.2 Å². The van der Waals surface area contributed by atoms with Gasteiger partial charge in [-0.15, -0.1) is 0 Å². The first-order valence-electron chi connectivity index (χ1n) is 4.85. The Morgan fingerprint density at radius 3 is 2.57 bits per heavy atom. The number of benzene rings is 1. The van der Waals surface area contributed by atoms with Crippen LogP contribution in [-0.4, -0.2) is 24.3 Å². The number of hydrogen-bond donors (Lipinski definition) is 3. The summed E-state index contributed by atoms with van der Waals surface area (Å²) in [6, 6.07) is 8.19. The van der Waals surface area contributed by atoms with Crippen LogP contribution in [0.1, 0.15) is 11.1 Å². The third-order valence-corrected chi connectivity index (χ3v) is 2.09. The molecule has 0 heterocycles. The summed E-state index contributed by atoms with van der Waals surface area (Å²) < 4.78 is 0. The van der Waals surface area contributed by atoms with Crippen molar-refractivity contribution in [2.45, 2.75) is 19.5 Å². The molecule has 0 radical (unpaired) electrons. The lowest BCUT2D eigenvalue weighted by Crippen LogP contribution is -2.36. The molecule has 4 N–H and O–H groups in total. The molecule has 0 aromatic heterocycles. The van der Waals surface area contributed by atoms with Gasteiger partial charge in [0, 0.05) is 19.1 Å². The van der Waals surface area contributed by atoms with E-state index in [4.69, 9.17) is 10.8 Å². The normalized spacial score (nSPS) is 12.8. The highest BCUT2D eigenvalue weighted by atomic mass is 16.3. The van der Waals surface area contributed by atoms with Gasteiger partial charge in [0.05, 0.1) is 6.61 Å². The molecule has 1 rings (SSSR count). The summed E-state index contributed by atoms with van der Waals surface area (Å²) in [5.74, 6) is 0. The van der Waals surface area contributed by atoms with Gasteiger partial charge in [0.15, 0.2) is 0 Å². The fourth-order valence-corrected chi connectivity index (χ4v) is 1.17. The molecule has 0 bridgehead atoms. The van der Waals surface area contributed by atoms with Gasteiger partial charge in [-0.2, -0.15) is 0 Å². The number of nitrogens with two attached hydrogens (primary N) is 1. The Morgan fingerprint density at radius 2 is 2.00 bits per heavy atom. The summed E-state index contributed by atoms with van der Waals surface area (Å²) in [6.45, 7) is 3.54. The predicted molar refractivity (Wildman–Crippen MR) is 57.9 cm³/mol. The lowest BCUT2D eigenvalue weighted by atomic mass is 10.1. The molecule has 0 saturated heterocycles. The van der Waals surface area contributed by atoms with E-state index in [-0.39, 0.29) is 12.6 Å². The summed E-state index contributed by atoms with van der Waals surface area (Å²) in [6.07, 6.45) is 0. The Labute approximate surface area is 84.9 Å². The Morgan fingerprint density at radius 1 is 1.36 bits per heavy atom. The Hall–Kier alpha value is -0.900. The zero-order valence-electron chi connectivity index (χ0n) is 8.53. The van der Waals surface area contributed by atoms with Crippen LogP contribution >= 0.6 is 0 Å². The zero-order chi connectivity index (χ0) is 10.4. The van der Waals surface area contributed by atoms with E-state index in [0.29, 0.717) is 6.54 Å². The first-order chi connectivity index (χ1) is 6.72. The van der Waals surface area contributed by atoms with E-state index >= 15 is 0 Å². The Balaban J connectivity index is 2.28. The van der Waals surface area contributed by atoms with E-state index in [9.17, 15) is 0 Å². The second kappa shape index (κ2) is 5.75. The van der Waals surface area contributed by atoms with Crippen LogP contribution in [0.3, 0.4) is 0 Å². The summed E-state index contributed by atoms with van der Waals surface area (Å²) in [5, 5.41) is 11.9. The summed E-state index contributed by atoms with van der Waals surface area (Å²) in [4.78, 5) is 0. The number of aryl methyl sites for hydroxylation is 1. The van der Waals surface area contributed by atoms with Gasteiger partial charge in [-0.1, -0.05) is 29.8 Å². The zero-order valence-corrected chi connectivity index (χ0v) is 8.53. The van der Waals surface area contributed by atoms with Crippen LogP contribution in [0.15, 0.2) is 24.3 Å². The second-order valence-electron chi connectivity index (χ2n) is 3.56. The average Bonchev–Trinajstić information content (AvgIpc) is 2.21. The maximum Gasteiger partial charge on any atom is 0.0594 e. The molecule has 78 valence electrons. The standard InChI is InChI=1S/C11H18N2O/c1-9-2-4-10(5-3-9)6-13-7-11(12)8-14/h2-5,11,13-14H,6-8,12H2,1H3. The van der Waals surface area contributed by atoms with Crippen molar-refractivity contribution in [3.8, 4) is 0 Å². The minimum absolute atomic E-state index is 0.0287. The van der Waals surface area contributed by atoms with Gasteiger partial charge in [-0.05, 0) is 12.5 Å². The molecule has 0 amide bonds. The molecule has 0 aliphatic carbocycles. The van der Waals surface area contributed by atoms with Gasteiger partial charge in [0.2, 0.25) is 0 Å².